The lowest BCUT2D eigenvalue weighted by atomic mass is 10.1. The van der Waals surface area contributed by atoms with Gasteiger partial charge in [0.25, 0.3) is 0 Å². The second-order valence-corrected chi connectivity index (χ2v) is 8.36. The summed E-state index contributed by atoms with van der Waals surface area (Å²) in [7, 11) is 4.38. The number of unbranched alkanes of at least 4 members (excludes halogenated alkanes) is 9. The maximum absolute atomic E-state index is 11.7. The molecule has 148 valence electrons. The van der Waals surface area contributed by atoms with Crippen molar-refractivity contribution in [3.05, 3.63) is 0 Å². The summed E-state index contributed by atoms with van der Waals surface area (Å²) in [6, 6.07) is 0. The average molecular weight is 356 g/mol. The topological polar surface area (TPSA) is 29.5 Å². The predicted molar refractivity (Wildman–Crippen MR) is 105 cm³/mol. The third-order valence-electron chi connectivity index (χ3n) is 5.21. The third kappa shape index (κ3) is 11.6. The van der Waals surface area contributed by atoms with Gasteiger partial charge in [-0.25, -0.2) is 0 Å². The van der Waals surface area contributed by atoms with Crippen LogP contribution in [-0.2, 0) is 9.53 Å². The molecule has 1 saturated heterocycles. The van der Waals surface area contributed by atoms with Gasteiger partial charge in [0.2, 0.25) is 5.91 Å². The maximum Gasteiger partial charge on any atom is 0.226 e. The highest BCUT2D eigenvalue weighted by atomic mass is 16.5. The van der Waals surface area contributed by atoms with Gasteiger partial charge < -0.3 is 9.22 Å². The molecule has 0 N–H and O–H groups in total. The molecule has 0 spiro atoms. The number of hydrogen-bond donors (Lipinski definition) is 0. The van der Waals surface area contributed by atoms with Crippen molar-refractivity contribution < 1.29 is 14.0 Å². The molecule has 0 aromatic rings. The highest BCUT2D eigenvalue weighted by Gasteiger charge is 2.27. The van der Waals surface area contributed by atoms with Crippen molar-refractivity contribution in [2.24, 2.45) is 0 Å². The van der Waals surface area contributed by atoms with Crippen molar-refractivity contribution in [2.45, 2.75) is 84.0 Å². The Labute approximate surface area is 156 Å². The molecular formula is C21H43N2O2+. The average Bonchev–Trinajstić information content (AvgIpc) is 2.96. The number of likely N-dealkylation sites (tertiary alicyclic amines) is 1. The zero-order chi connectivity index (χ0) is 18.4. The summed E-state index contributed by atoms with van der Waals surface area (Å²) in [5.41, 5.74) is 0. The van der Waals surface area contributed by atoms with Crippen LogP contribution in [0.4, 0.5) is 0 Å². The second-order valence-electron chi connectivity index (χ2n) is 8.36. The van der Waals surface area contributed by atoms with E-state index in [1.54, 1.807) is 0 Å². The number of nitrogens with zero attached hydrogens (tertiary/aromatic N) is 2. The Hall–Kier alpha value is -0.610. The Bertz CT molecular complexity index is 345. The van der Waals surface area contributed by atoms with E-state index in [2.05, 4.69) is 21.0 Å². The molecule has 4 heteroatoms. The first-order valence-corrected chi connectivity index (χ1v) is 10.7. The van der Waals surface area contributed by atoms with Gasteiger partial charge in [-0.2, -0.15) is 0 Å². The zero-order valence-corrected chi connectivity index (χ0v) is 17.2. The second kappa shape index (κ2) is 13.6. The minimum atomic E-state index is 0.317. The van der Waals surface area contributed by atoms with Crippen LogP contribution in [0.15, 0.2) is 0 Å². The largest absolute Gasteiger partial charge is 0.376 e. The van der Waals surface area contributed by atoms with Crippen molar-refractivity contribution in [1.82, 2.24) is 4.90 Å². The number of hydrogen-bond acceptors (Lipinski definition) is 2. The van der Waals surface area contributed by atoms with Crippen LogP contribution in [0.3, 0.4) is 0 Å². The lowest BCUT2D eigenvalue weighted by Gasteiger charge is -2.33. The van der Waals surface area contributed by atoms with Crippen LogP contribution in [-0.4, -0.2) is 62.4 Å². The van der Waals surface area contributed by atoms with Crippen LogP contribution >= 0.6 is 0 Å². The van der Waals surface area contributed by atoms with E-state index in [4.69, 9.17) is 4.74 Å². The van der Waals surface area contributed by atoms with Gasteiger partial charge in [0.1, 0.15) is 6.54 Å². The summed E-state index contributed by atoms with van der Waals surface area (Å²) in [5.74, 6) is 0.317. The van der Waals surface area contributed by atoms with E-state index < -0.39 is 0 Å². The molecule has 1 aliphatic rings. The number of carbonyl (C=O) groups is 1. The first-order chi connectivity index (χ1) is 12.0. The fourth-order valence-electron chi connectivity index (χ4n) is 3.49. The molecule has 1 amide bonds. The van der Waals surface area contributed by atoms with E-state index in [1.807, 2.05) is 4.90 Å². The first-order valence-electron chi connectivity index (χ1n) is 10.7. The molecule has 0 bridgehead atoms. The summed E-state index contributed by atoms with van der Waals surface area (Å²) < 4.78 is 6.65. The summed E-state index contributed by atoms with van der Waals surface area (Å²) in [6.45, 7) is 6.68. The Kier molecular flexibility index (Phi) is 12.2. The van der Waals surface area contributed by atoms with E-state index in [9.17, 15) is 4.79 Å². The van der Waals surface area contributed by atoms with Crippen LogP contribution in [0.25, 0.3) is 0 Å². The minimum absolute atomic E-state index is 0.317. The van der Waals surface area contributed by atoms with Crippen LogP contribution in [0.5, 0.6) is 0 Å². The highest BCUT2D eigenvalue weighted by molar-refractivity contribution is 5.77. The number of ether oxygens (including phenoxy) is 1. The summed E-state index contributed by atoms with van der Waals surface area (Å²) in [5, 5.41) is 0. The monoisotopic (exact) mass is 355 g/mol. The van der Waals surface area contributed by atoms with Crippen molar-refractivity contribution in [3.63, 3.8) is 0 Å². The van der Waals surface area contributed by atoms with E-state index >= 15 is 0 Å². The molecule has 1 fully saturated rings. The van der Waals surface area contributed by atoms with Crippen LogP contribution in [0.1, 0.15) is 84.0 Å². The number of carbonyl (C=O) groups excluding carboxylic acids is 1. The van der Waals surface area contributed by atoms with E-state index in [1.165, 1.54) is 64.2 Å². The standard InChI is InChI=1S/C21H43N2O2/c1-4-5-6-7-8-9-10-11-12-13-18-25-19-17-23(2,3)20-22-16-14-15-21(22)24/h4-20H2,1-3H3/q+1. The van der Waals surface area contributed by atoms with Gasteiger partial charge in [0.15, 0.2) is 6.67 Å². The number of amides is 1. The molecule has 4 nitrogen and oxygen atoms in total. The normalized spacial score (nSPS) is 15.3. The number of quaternary nitrogens is 1. The van der Waals surface area contributed by atoms with Crippen molar-refractivity contribution in [3.8, 4) is 0 Å². The van der Waals surface area contributed by atoms with Crippen LogP contribution in [0, 0.1) is 0 Å². The van der Waals surface area contributed by atoms with Gasteiger partial charge in [-0.1, -0.05) is 64.7 Å². The Balaban J connectivity index is 1.87. The highest BCUT2D eigenvalue weighted by Crippen LogP contribution is 2.13. The lowest BCUT2D eigenvalue weighted by Crippen LogP contribution is -2.50. The van der Waals surface area contributed by atoms with E-state index in [0.717, 1.165) is 50.3 Å². The van der Waals surface area contributed by atoms with Gasteiger partial charge in [0.05, 0.1) is 20.7 Å². The summed E-state index contributed by atoms with van der Waals surface area (Å²) in [4.78, 5) is 13.7. The molecule has 0 unspecified atom stereocenters. The third-order valence-corrected chi connectivity index (χ3v) is 5.21. The molecular weight excluding hydrogens is 312 g/mol. The fourth-order valence-corrected chi connectivity index (χ4v) is 3.49. The molecule has 1 heterocycles. The molecule has 0 radical (unpaired) electrons. The fraction of sp³-hybridized carbons (Fsp3) is 0.952. The Morgan fingerprint density at radius 2 is 1.52 bits per heavy atom. The van der Waals surface area contributed by atoms with Crippen molar-refractivity contribution in [2.75, 3.05) is 47.1 Å². The van der Waals surface area contributed by atoms with Crippen molar-refractivity contribution >= 4 is 5.91 Å². The van der Waals surface area contributed by atoms with Gasteiger partial charge in [0, 0.05) is 19.6 Å². The summed E-state index contributed by atoms with van der Waals surface area (Å²) in [6.07, 6.45) is 15.4. The molecule has 1 aliphatic heterocycles. The zero-order valence-electron chi connectivity index (χ0n) is 17.2. The van der Waals surface area contributed by atoms with Crippen molar-refractivity contribution in [1.29, 1.82) is 0 Å². The molecule has 0 aromatic heterocycles. The molecule has 0 aliphatic carbocycles. The minimum Gasteiger partial charge on any atom is -0.376 e. The molecule has 1 rings (SSSR count). The molecule has 0 saturated carbocycles. The molecule has 25 heavy (non-hydrogen) atoms. The van der Waals surface area contributed by atoms with Crippen LogP contribution in [0.2, 0.25) is 0 Å². The smallest absolute Gasteiger partial charge is 0.226 e. The maximum atomic E-state index is 11.7. The Morgan fingerprint density at radius 1 is 0.920 bits per heavy atom. The first kappa shape index (κ1) is 22.4. The van der Waals surface area contributed by atoms with Gasteiger partial charge in [-0.15, -0.1) is 0 Å². The summed E-state index contributed by atoms with van der Waals surface area (Å²) >= 11 is 0. The Morgan fingerprint density at radius 3 is 2.08 bits per heavy atom. The van der Waals surface area contributed by atoms with Gasteiger partial charge >= 0.3 is 0 Å². The molecule has 0 aromatic carbocycles. The lowest BCUT2D eigenvalue weighted by molar-refractivity contribution is -0.899. The number of rotatable bonds is 16. The van der Waals surface area contributed by atoms with E-state index in [0.29, 0.717) is 5.91 Å². The van der Waals surface area contributed by atoms with Gasteiger partial charge in [-0.3, -0.25) is 9.69 Å². The quantitative estimate of drug-likeness (QED) is 0.299. The molecule has 0 atom stereocenters. The van der Waals surface area contributed by atoms with Gasteiger partial charge in [-0.05, 0) is 12.8 Å². The number of likely N-dealkylation sites (N-methyl/N-ethyl adjacent to an activating group) is 1. The predicted octanol–water partition coefficient (Wildman–Crippen LogP) is 4.58. The SMILES string of the molecule is CCCCCCCCCCCCOCC[N+](C)(C)CN1CCCC1=O. The van der Waals surface area contributed by atoms with E-state index in [-0.39, 0.29) is 0 Å². The van der Waals surface area contributed by atoms with Crippen LogP contribution < -0.4 is 0 Å².